The summed E-state index contributed by atoms with van der Waals surface area (Å²) in [5.41, 5.74) is 2.90. The number of hydrogen-bond acceptors (Lipinski definition) is 5. The van der Waals surface area contributed by atoms with Gasteiger partial charge in [0.05, 0.1) is 5.69 Å². The van der Waals surface area contributed by atoms with Crippen LogP contribution in [0.3, 0.4) is 0 Å². The van der Waals surface area contributed by atoms with Crippen molar-refractivity contribution >= 4 is 11.6 Å². The Morgan fingerprint density at radius 2 is 1.86 bits per heavy atom. The first-order chi connectivity index (χ1) is 14.0. The maximum absolute atomic E-state index is 12.9. The molecule has 29 heavy (non-hydrogen) atoms. The van der Waals surface area contributed by atoms with Crippen LogP contribution >= 0.6 is 0 Å². The lowest BCUT2D eigenvalue weighted by atomic mass is 10.1. The molecule has 7 nitrogen and oxygen atoms in total. The summed E-state index contributed by atoms with van der Waals surface area (Å²) in [6.45, 7) is 4.01. The number of benzene rings is 2. The molecule has 4 rings (SSSR count). The van der Waals surface area contributed by atoms with E-state index in [1.54, 1.807) is 24.3 Å². The van der Waals surface area contributed by atoms with Crippen LogP contribution in [0.5, 0.6) is 11.5 Å². The molecule has 2 heterocycles. The van der Waals surface area contributed by atoms with Gasteiger partial charge in [0.15, 0.2) is 11.5 Å². The van der Waals surface area contributed by atoms with E-state index in [1.165, 1.54) is 10.7 Å². The van der Waals surface area contributed by atoms with Gasteiger partial charge < -0.3 is 14.8 Å². The van der Waals surface area contributed by atoms with Crippen LogP contribution in [0.25, 0.3) is 11.3 Å². The maximum Gasteiger partial charge on any atom is 0.267 e. The molecule has 0 radical (unpaired) electrons. The molecule has 0 saturated heterocycles. The average molecular weight is 391 g/mol. The molecule has 0 aliphatic carbocycles. The predicted molar refractivity (Wildman–Crippen MR) is 109 cm³/mol. The Balaban J connectivity index is 1.61. The van der Waals surface area contributed by atoms with Crippen LogP contribution in [0.2, 0.25) is 0 Å². The van der Waals surface area contributed by atoms with Gasteiger partial charge >= 0.3 is 0 Å². The summed E-state index contributed by atoms with van der Waals surface area (Å²) >= 11 is 0. The van der Waals surface area contributed by atoms with E-state index < -0.39 is 6.04 Å². The molecule has 0 saturated carbocycles. The summed E-state index contributed by atoms with van der Waals surface area (Å²) in [6, 6.07) is 15.4. The van der Waals surface area contributed by atoms with Crippen molar-refractivity contribution in [3.63, 3.8) is 0 Å². The number of carbonyl (C=O) groups excluding carboxylic acids is 1. The molecule has 1 N–H and O–H groups in total. The molecule has 0 spiro atoms. The third-order valence-electron chi connectivity index (χ3n) is 4.80. The number of carbonyl (C=O) groups is 1. The van der Waals surface area contributed by atoms with E-state index >= 15 is 0 Å². The minimum Gasteiger partial charge on any atom is -0.454 e. The summed E-state index contributed by atoms with van der Waals surface area (Å²) in [7, 11) is 0. The van der Waals surface area contributed by atoms with Gasteiger partial charge in [-0.2, -0.15) is 5.10 Å². The number of aryl methyl sites for hydroxylation is 1. The zero-order valence-electron chi connectivity index (χ0n) is 16.2. The Hall–Kier alpha value is -3.61. The van der Waals surface area contributed by atoms with Crippen molar-refractivity contribution in [2.24, 2.45) is 0 Å². The molecule has 0 fully saturated rings. The highest BCUT2D eigenvalue weighted by atomic mass is 16.7. The zero-order chi connectivity index (χ0) is 20.4. The number of ether oxygens (including phenoxy) is 2. The molecular weight excluding hydrogens is 370 g/mol. The molecule has 3 aromatic rings. The molecule has 1 amide bonds. The van der Waals surface area contributed by atoms with Crippen molar-refractivity contribution in [3.05, 3.63) is 70.5 Å². The number of hydrogen-bond donors (Lipinski definition) is 1. The summed E-state index contributed by atoms with van der Waals surface area (Å²) < 4.78 is 11.9. The maximum atomic E-state index is 12.9. The van der Waals surface area contributed by atoms with Crippen LogP contribution in [0.1, 0.15) is 24.9 Å². The molecule has 0 bridgehead atoms. The van der Waals surface area contributed by atoms with Gasteiger partial charge in [-0.15, -0.1) is 0 Å². The molecular formula is C22H21N3O4. The van der Waals surface area contributed by atoms with Gasteiger partial charge in [-0.05, 0) is 31.5 Å². The number of nitrogens with one attached hydrogen (secondary N) is 1. The number of amides is 1. The Kier molecular flexibility index (Phi) is 5.03. The number of aromatic nitrogens is 2. The van der Waals surface area contributed by atoms with Crippen LogP contribution in [-0.4, -0.2) is 22.5 Å². The van der Waals surface area contributed by atoms with E-state index in [4.69, 9.17) is 9.47 Å². The fourth-order valence-corrected chi connectivity index (χ4v) is 3.20. The Labute approximate surface area is 167 Å². The summed E-state index contributed by atoms with van der Waals surface area (Å²) in [5.74, 6) is 0.897. The van der Waals surface area contributed by atoms with Crippen LogP contribution in [0.4, 0.5) is 5.69 Å². The number of rotatable bonds is 5. The van der Waals surface area contributed by atoms with Gasteiger partial charge in [0.25, 0.3) is 5.56 Å². The summed E-state index contributed by atoms with van der Waals surface area (Å²) in [4.78, 5) is 25.4. The second-order valence-electron chi connectivity index (χ2n) is 6.85. The van der Waals surface area contributed by atoms with E-state index in [2.05, 4.69) is 10.4 Å². The minimum atomic E-state index is -0.738. The highest BCUT2D eigenvalue weighted by Gasteiger charge is 2.22. The molecule has 1 atom stereocenters. The van der Waals surface area contributed by atoms with Crippen molar-refractivity contribution in [3.8, 4) is 22.8 Å². The normalized spacial score (nSPS) is 13.2. The second-order valence-corrected chi connectivity index (χ2v) is 6.85. The molecule has 1 aliphatic heterocycles. The van der Waals surface area contributed by atoms with Gasteiger partial charge in [0, 0.05) is 23.4 Å². The fourth-order valence-electron chi connectivity index (χ4n) is 3.20. The largest absolute Gasteiger partial charge is 0.454 e. The van der Waals surface area contributed by atoms with E-state index in [1.807, 2.05) is 38.1 Å². The first kappa shape index (κ1) is 18.7. The zero-order valence-corrected chi connectivity index (χ0v) is 16.2. The molecule has 7 heteroatoms. The average Bonchev–Trinajstić information content (AvgIpc) is 3.18. The molecule has 1 aromatic heterocycles. The molecule has 148 valence electrons. The Morgan fingerprint density at radius 3 is 2.62 bits per heavy atom. The van der Waals surface area contributed by atoms with Crippen molar-refractivity contribution < 1.29 is 14.3 Å². The smallest absolute Gasteiger partial charge is 0.267 e. The number of anilines is 1. The van der Waals surface area contributed by atoms with Crippen molar-refractivity contribution in [2.45, 2.75) is 26.3 Å². The molecule has 1 aliphatic rings. The number of fused-ring (bicyclic) bond motifs is 1. The van der Waals surface area contributed by atoms with Gasteiger partial charge in [0.2, 0.25) is 12.7 Å². The Morgan fingerprint density at radius 1 is 1.10 bits per heavy atom. The first-order valence-electron chi connectivity index (χ1n) is 9.42. The van der Waals surface area contributed by atoms with Crippen LogP contribution in [0, 0.1) is 6.92 Å². The standard InChI is InChI=1S/C22H21N3O4/c1-3-18(22(27)23-16-8-10-19-20(12-16)29-13-28-19)25-21(26)11-9-17(24-25)15-6-4-14(2)5-7-15/h4-12,18H,3,13H2,1-2H3,(H,23,27)/t18-/m1/s1. The van der Waals surface area contributed by atoms with Crippen molar-refractivity contribution in [1.29, 1.82) is 0 Å². The second kappa shape index (κ2) is 7.79. The number of nitrogens with zero attached hydrogens (tertiary/aromatic N) is 2. The first-order valence-corrected chi connectivity index (χ1v) is 9.42. The van der Waals surface area contributed by atoms with Crippen LogP contribution < -0.4 is 20.3 Å². The summed E-state index contributed by atoms with van der Waals surface area (Å²) in [5, 5.41) is 7.30. The van der Waals surface area contributed by atoms with Crippen molar-refractivity contribution in [1.82, 2.24) is 9.78 Å². The lowest BCUT2D eigenvalue weighted by molar-refractivity contribution is -0.119. The summed E-state index contributed by atoms with van der Waals surface area (Å²) in [6.07, 6.45) is 0.417. The highest BCUT2D eigenvalue weighted by molar-refractivity contribution is 5.94. The topological polar surface area (TPSA) is 82.4 Å². The predicted octanol–water partition coefficient (Wildman–Crippen LogP) is 3.54. The van der Waals surface area contributed by atoms with Gasteiger partial charge in [0.1, 0.15) is 6.04 Å². The quantitative estimate of drug-likeness (QED) is 0.719. The van der Waals surface area contributed by atoms with Crippen LogP contribution in [0.15, 0.2) is 59.4 Å². The third-order valence-corrected chi connectivity index (χ3v) is 4.80. The third kappa shape index (κ3) is 3.85. The SMILES string of the molecule is CC[C@H](C(=O)Nc1ccc2c(c1)OCO2)n1nc(-c2ccc(C)cc2)ccc1=O. The fraction of sp³-hybridized carbons (Fsp3) is 0.227. The van der Waals surface area contributed by atoms with Crippen molar-refractivity contribution in [2.75, 3.05) is 12.1 Å². The lowest BCUT2D eigenvalue weighted by Crippen LogP contribution is -2.34. The van der Waals surface area contributed by atoms with E-state index in [0.717, 1.165) is 11.1 Å². The minimum absolute atomic E-state index is 0.162. The monoisotopic (exact) mass is 391 g/mol. The van der Waals surface area contributed by atoms with Gasteiger partial charge in [-0.25, -0.2) is 4.68 Å². The molecule has 0 unspecified atom stereocenters. The van der Waals surface area contributed by atoms with Gasteiger partial charge in [-0.3, -0.25) is 9.59 Å². The Bertz CT molecular complexity index is 1110. The highest BCUT2D eigenvalue weighted by Crippen LogP contribution is 2.34. The van der Waals surface area contributed by atoms with E-state index in [0.29, 0.717) is 29.3 Å². The van der Waals surface area contributed by atoms with Gasteiger partial charge in [-0.1, -0.05) is 36.8 Å². The van der Waals surface area contributed by atoms with E-state index in [-0.39, 0.29) is 18.3 Å². The van der Waals surface area contributed by atoms with Crippen LogP contribution in [-0.2, 0) is 4.79 Å². The van der Waals surface area contributed by atoms with E-state index in [9.17, 15) is 9.59 Å². The lowest BCUT2D eigenvalue weighted by Gasteiger charge is -2.17. The molecule has 2 aromatic carbocycles.